The molecule has 1 aromatic rings. The van der Waals surface area contributed by atoms with E-state index in [1.807, 2.05) is 4.90 Å². The molecule has 20 heavy (non-hydrogen) atoms. The molecule has 1 aliphatic carbocycles. The zero-order valence-corrected chi connectivity index (χ0v) is 11.2. The van der Waals surface area contributed by atoms with Gasteiger partial charge in [0.1, 0.15) is 11.6 Å². The molecule has 0 bridgehead atoms. The molecule has 1 heterocycles. The van der Waals surface area contributed by atoms with Crippen LogP contribution in [-0.2, 0) is 4.79 Å². The summed E-state index contributed by atoms with van der Waals surface area (Å²) in [5.74, 6) is -1.22. The minimum absolute atomic E-state index is 0.0840. The van der Waals surface area contributed by atoms with Crippen LogP contribution in [0.5, 0.6) is 0 Å². The van der Waals surface area contributed by atoms with Gasteiger partial charge in [-0.25, -0.2) is 8.78 Å². The monoisotopic (exact) mass is 280 g/mol. The van der Waals surface area contributed by atoms with Crippen molar-refractivity contribution in [2.24, 2.45) is 5.92 Å². The Morgan fingerprint density at radius 1 is 1.25 bits per heavy atom. The number of benzene rings is 1. The SMILES string of the molecule is O=C(C1CC1c1ccc(F)cc1F)N1CCCNCC1. The molecule has 108 valence electrons. The smallest absolute Gasteiger partial charge is 0.226 e. The van der Waals surface area contributed by atoms with Crippen molar-refractivity contribution in [3.63, 3.8) is 0 Å². The van der Waals surface area contributed by atoms with Crippen molar-refractivity contribution in [1.29, 1.82) is 0 Å². The third kappa shape index (κ3) is 2.68. The summed E-state index contributed by atoms with van der Waals surface area (Å²) < 4.78 is 26.6. The Labute approximate surface area is 117 Å². The molecular weight excluding hydrogens is 262 g/mol. The van der Waals surface area contributed by atoms with Crippen LogP contribution in [0.4, 0.5) is 8.78 Å². The molecule has 1 saturated heterocycles. The van der Waals surface area contributed by atoms with Crippen LogP contribution in [0.1, 0.15) is 24.3 Å². The third-order valence-corrected chi connectivity index (χ3v) is 4.12. The fourth-order valence-electron chi connectivity index (χ4n) is 2.91. The van der Waals surface area contributed by atoms with Gasteiger partial charge in [0.2, 0.25) is 5.91 Å². The van der Waals surface area contributed by atoms with E-state index in [0.29, 0.717) is 18.5 Å². The van der Waals surface area contributed by atoms with E-state index in [1.165, 1.54) is 12.1 Å². The minimum atomic E-state index is -0.576. The highest BCUT2D eigenvalue weighted by molar-refractivity contribution is 5.83. The molecule has 1 aliphatic heterocycles. The minimum Gasteiger partial charge on any atom is -0.341 e. The molecular formula is C15H18F2N2O. The fourth-order valence-corrected chi connectivity index (χ4v) is 2.91. The average Bonchev–Trinajstić information content (AvgIpc) is 3.22. The van der Waals surface area contributed by atoms with E-state index in [2.05, 4.69) is 5.32 Å². The molecule has 2 aliphatic rings. The maximum Gasteiger partial charge on any atom is 0.226 e. The Balaban J connectivity index is 1.67. The highest BCUT2D eigenvalue weighted by Crippen LogP contribution is 2.49. The van der Waals surface area contributed by atoms with E-state index in [0.717, 1.165) is 32.1 Å². The summed E-state index contributed by atoms with van der Waals surface area (Å²) in [6.45, 7) is 3.23. The van der Waals surface area contributed by atoms with Crippen LogP contribution >= 0.6 is 0 Å². The van der Waals surface area contributed by atoms with Crippen LogP contribution in [-0.4, -0.2) is 37.0 Å². The first kappa shape index (κ1) is 13.5. The van der Waals surface area contributed by atoms with Gasteiger partial charge in [-0.1, -0.05) is 6.07 Å². The van der Waals surface area contributed by atoms with Gasteiger partial charge in [0.05, 0.1) is 0 Å². The maximum absolute atomic E-state index is 13.7. The van der Waals surface area contributed by atoms with E-state index in [4.69, 9.17) is 0 Å². The summed E-state index contributed by atoms with van der Waals surface area (Å²) in [4.78, 5) is 14.2. The molecule has 2 fully saturated rings. The lowest BCUT2D eigenvalue weighted by molar-refractivity contribution is -0.132. The molecule has 0 radical (unpaired) electrons. The van der Waals surface area contributed by atoms with Gasteiger partial charge in [-0.2, -0.15) is 0 Å². The topological polar surface area (TPSA) is 32.3 Å². The largest absolute Gasteiger partial charge is 0.341 e. The van der Waals surface area contributed by atoms with Crippen LogP contribution in [0.3, 0.4) is 0 Å². The van der Waals surface area contributed by atoms with Gasteiger partial charge in [0.25, 0.3) is 0 Å². The summed E-state index contributed by atoms with van der Waals surface area (Å²) in [5, 5.41) is 3.25. The predicted octanol–water partition coefficient (Wildman–Crippen LogP) is 1.89. The van der Waals surface area contributed by atoms with Crippen molar-refractivity contribution in [3.05, 3.63) is 35.4 Å². The number of halogens is 2. The molecule has 1 amide bonds. The van der Waals surface area contributed by atoms with Crippen molar-refractivity contribution in [3.8, 4) is 0 Å². The number of amides is 1. The molecule has 2 unspecified atom stereocenters. The molecule has 3 nitrogen and oxygen atoms in total. The molecule has 0 spiro atoms. The Morgan fingerprint density at radius 3 is 2.90 bits per heavy atom. The Bertz CT molecular complexity index is 513. The second kappa shape index (κ2) is 5.48. The molecule has 1 aromatic carbocycles. The highest BCUT2D eigenvalue weighted by atomic mass is 19.1. The Hall–Kier alpha value is -1.49. The third-order valence-electron chi connectivity index (χ3n) is 4.12. The average molecular weight is 280 g/mol. The van der Waals surface area contributed by atoms with Crippen LogP contribution in [0, 0.1) is 17.6 Å². The zero-order chi connectivity index (χ0) is 14.1. The number of rotatable bonds is 2. The fraction of sp³-hybridized carbons (Fsp3) is 0.533. The number of carbonyl (C=O) groups is 1. The molecule has 1 saturated carbocycles. The van der Waals surface area contributed by atoms with Crippen LogP contribution in [0.2, 0.25) is 0 Å². The van der Waals surface area contributed by atoms with E-state index < -0.39 is 11.6 Å². The number of hydrogen-bond donors (Lipinski definition) is 1. The summed E-state index contributed by atoms with van der Waals surface area (Å²) in [6, 6.07) is 3.62. The maximum atomic E-state index is 13.7. The molecule has 1 N–H and O–H groups in total. The van der Waals surface area contributed by atoms with Gasteiger partial charge in [-0.3, -0.25) is 4.79 Å². The Morgan fingerprint density at radius 2 is 2.10 bits per heavy atom. The predicted molar refractivity (Wildman–Crippen MR) is 71.3 cm³/mol. The van der Waals surface area contributed by atoms with Crippen LogP contribution < -0.4 is 5.32 Å². The van der Waals surface area contributed by atoms with Gasteiger partial charge in [0, 0.05) is 31.6 Å². The molecule has 0 aromatic heterocycles. The van der Waals surface area contributed by atoms with Crippen LogP contribution in [0.25, 0.3) is 0 Å². The van der Waals surface area contributed by atoms with Gasteiger partial charge in [-0.05, 0) is 36.9 Å². The second-order valence-electron chi connectivity index (χ2n) is 5.54. The number of carbonyl (C=O) groups excluding carboxylic acids is 1. The summed E-state index contributed by atoms with van der Waals surface area (Å²) in [6.07, 6.45) is 1.62. The van der Waals surface area contributed by atoms with E-state index in [-0.39, 0.29) is 17.7 Å². The number of nitrogens with one attached hydrogen (secondary N) is 1. The van der Waals surface area contributed by atoms with Crippen LogP contribution in [0.15, 0.2) is 18.2 Å². The summed E-state index contributed by atoms with van der Waals surface area (Å²) in [7, 11) is 0. The van der Waals surface area contributed by atoms with E-state index in [9.17, 15) is 13.6 Å². The first-order chi connectivity index (χ1) is 9.66. The first-order valence-electron chi connectivity index (χ1n) is 7.11. The van der Waals surface area contributed by atoms with Crippen molar-refractivity contribution in [2.75, 3.05) is 26.2 Å². The van der Waals surface area contributed by atoms with Gasteiger partial charge < -0.3 is 10.2 Å². The number of nitrogens with zero attached hydrogens (tertiary/aromatic N) is 1. The zero-order valence-electron chi connectivity index (χ0n) is 11.2. The standard InChI is InChI=1S/C15H18F2N2O/c16-10-2-3-11(14(17)8-10)12-9-13(12)15(20)19-6-1-4-18-5-7-19/h2-3,8,12-13,18H,1,4-7,9H2. The lowest BCUT2D eigenvalue weighted by atomic mass is 10.1. The molecule has 2 atom stereocenters. The van der Waals surface area contributed by atoms with E-state index in [1.54, 1.807) is 0 Å². The summed E-state index contributed by atoms with van der Waals surface area (Å²) in [5.41, 5.74) is 0.470. The van der Waals surface area contributed by atoms with E-state index >= 15 is 0 Å². The second-order valence-corrected chi connectivity index (χ2v) is 5.54. The number of hydrogen-bond acceptors (Lipinski definition) is 2. The van der Waals surface area contributed by atoms with Gasteiger partial charge >= 0.3 is 0 Å². The highest BCUT2D eigenvalue weighted by Gasteiger charge is 2.46. The van der Waals surface area contributed by atoms with Crippen molar-refractivity contribution < 1.29 is 13.6 Å². The Kier molecular flexibility index (Phi) is 3.70. The summed E-state index contributed by atoms with van der Waals surface area (Å²) >= 11 is 0. The van der Waals surface area contributed by atoms with Crippen molar-refractivity contribution >= 4 is 5.91 Å². The van der Waals surface area contributed by atoms with Gasteiger partial charge in [-0.15, -0.1) is 0 Å². The quantitative estimate of drug-likeness (QED) is 0.897. The molecule has 5 heteroatoms. The van der Waals surface area contributed by atoms with Crippen molar-refractivity contribution in [1.82, 2.24) is 10.2 Å². The molecule has 3 rings (SSSR count). The lowest BCUT2D eigenvalue weighted by Gasteiger charge is -2.20. The first-order valence-corrected chi connectivity index (χ1v) is 7.11. The lowest BCUT2D eigenvalue weighted by Crippen LogP contribution is -2.35. The van der Waals surface area contributed by atoms with Crippen molar-refractivity contribution in [2.45, 2.75) is 18.8 Å². The van der Waals surface area contributed by atoms with Gasteiger partial charge in [0.15, 0.2) is 0 Å². The normalized spacial score (nSPS) is 26.2.